The minimum atomic E-state index is -0.191. The Bertz CT molecular complexity index is 323. The Labute approximate surface area is 104 Å². The van der Waals surface area contributed by atoms with E-state index >= 15 is 0 Å². The number of hydrogen-bond donors (Lipinski definition) is 2. The predicted molar refractivity (Wildman–Crippen MR) is 70.4 cm³/mol. The fourth-order valence-corrected chi connectivity index (χ4v) is 1.93. The first kappa shape index (κ1) is 14.0. The molecule has 3 heteroatoms. The van der Waals surface area contributed by atoms with E-state index in [1.165, 1.54) is 11.1 Å². The van der Waals surface area contributed by atoms with Gasteiger partial charge in [-0.25, -0.2) is 0 Å². The maximum Gasteiger partial charge on any atom is 0.122 e. The number of aryl methyl sites for hydroxylation is 1. The number of nitrogens with two attached hydrogens (primary N) is 1. The summed E-state index contributed by atoms with van der Waals surface area (Å²) in [4.78, 5) is 0. The highest BCUT2D eigenvalue weighted by molar-refractivity contribution is 5.42. The van der Waals surface area contributed by atoms with E-state index in [1.54, 1.807) is 7.11 Å². The number of methoxy groups -OCH3 is 1. The zero-order valence-electron chi connectivity index (χ0n) is 10.8. The summed E-state index contributed by atoms with van der Waals surface area (Å²) in [6.07, 6.45) is 3.48. The molecule has 0 amide bonds. The highest BCUT2D eigenvalue weighted by Gasteiger charge is 2.19. The molecule has 1 aliphatic carbocycles. The van der Waals surface area contributed by atoms with Gasteiger partial charge in [0.15, 0.2) is 0 Å². The second-order valence-electron chi connectivity index (χ2n) is 4.28. The van der Waals surface area contributed by atoms with E-state index in [4.69, 9.17) is 10.5 Å². The summed E-state index contributed by atoms with van der Waals surface area (Å²) < 4.78 is 5.25. The van der Waals surface area contributed by atoms with Gasteiger partial charge in [-0.05, 0) is 43.0 Å². The van der Waals surface area contributed by atoms with Crippen LogP contribution in [0.5, 0.6) is 5.75 Å². The minimum Gasteiger partial charge on any atom is -0.496 e. The highest BCUT2D eigenvalue weighted by Crippen LogP contribution is 2.29. The molecule has 3 N–H and O–H groups in total. The van der Waals surface area contributed by atoms with Crippen LogP contribution in [0.15, 0.2) is 18.2 Å². The average molecular weight is 237 g/mol. The number of aliphatic hydroxyl groups is 1. The van der Waals surface area contributed by atoms with Gasteiger partial charge < -0.3 is 15.6 Å². The van der Waals surface area contributed by atoms with Crippen LogP contribution in [-0.4, -0.2) is 24.9 Å². The van der Waals surface area contributed by atoms with Gasteiger partial charge in [0.25, 0.3) is 0 Å². The largest absolute Gasteiger partial charge is 0.496 e. The fourth-order valence-electron chi connectivity index (χ4n) is 1.93. The molecule has 0 saturated carbocycles. The Morgan fingerprint density at radius 2 is 2.18 bits per heavy atom. The van der Waals surface area contributed by atoms with E-state index in [2.05, 4.69) is 13.0 Å². The van der Waals surface area contributed by atoms with Crippen LogP contribution in [-0.2, 0) is 12.8 Å². The third-order valence-corrected chi connectivity index (χ3v) is 2.93. The first-order chi connectivity index (χ1) is 8.22. The topological polar surface area (TPSA) is 55.5 Å². The van der Waals surface area contributed by atoms with Gasteiger partial charge in [-0.3, -0.25) is 0 Å². The number of fused-ring (bicyclic) bond motifs is 1. The van der Waals surface area contributed by atoms with E-state index in [0.29, 0.717) is 0 Å². The summed E-state index contributed by atoms with van der Waals surface area (Å²) in [5.41, 5.74) is 7.54. The van der Waals surface area contributed by atoms with Crippen molar-refractivity contribution in [2.75, 3.05) is 13.7 Å². The van der Waals surface area contributed by atoms with Crippen molar-refractivity contribution in [1.29, 1.82) is 0 Å². The molecule has 96 valence electrons. The Morgan fingerprint density at radius 1 is 1.47 bits per heavy atom. The number of ether oxygens (including phenoxy) is 1. The molecule has 0 fully saturated rings. The molecule has 1 aliphatic rings. The van der Waals surface area contributed by atoms with Crippen molar-refractivity contribution < 1.29 is 9.84 Å². The predicted octanol–water partition coefficient (Wildman–Crippen LogP) is 1.90. The molecule has 1 aromatic rings. The molecular weight excluding hydrogens is 214 g/mol. The molecule has 0 spiro atoms. The second-order valence-corrected chi connectivity index (χ2v) is 4.28. The van der Waals surface area contributed by atoms with Gasteiger partial charge in [0.1, 0.15) is 5.75 Å². The lowest BCUT2D eigenvalue weighted by Gasteiger charge is -2.22. The lowest BCUT2D eigenvalue weighted by molar-refractivity contribution is 0.157. The molecule has 0 aliphatic heterocycles. The van der Waals surface area contributed by atoms with Crippen LogP contribution in [0.2, 0.25) is 0 Å². The molecule has 2 rings (SSSR count). The first-order valence-electron chi connectivity index (χ1n) is 6.25. The molecule has 0 bridgehead atoms. The Balaban J connectivity index is 0.000000317. The van der Waals surface area contributed by atoms with Crippen molar-refractivity contribution in [3.8, 4) is 5.75 Å². The van der Waals surface area contributed by atoms with Crippen LogP contribution in [0.25, 0.3) is 0 Å². The van der Waals surface area contributed by atoms with Crippen LogP contribution in [0.4, 0.5) is 0 Å². The average Bonchev–Trinajstić information content (AvgIpc) is 2.38. The Morgan fingerprint density at radius 3 is 2.76 bits per heavy atom. The van der Waals surface area contributed by atoms with E-state index in [1.807, 2.05) is 12.1 Å². The maximum absolute atomic E-state index is 9.52. The standard InChI is InChI=1S/C11H14O2.C3H9N/c1-13-11-4-2-3-8-5-6-9(12)7-10(8)11;1-2-3-4/h2-4,9,12H,5-7H2,1H3;2-4H2,1H3. The van der Waals surface area contributed by atoms with Gasteiger partial charge in [0.2, 0.25) is 0 Å². The molecule has 1 atom stereocenters. The smallest absolute Gasteiger partial charge is 0.122 e. The van der Waals surface area contributed by atoms with E-state index in [-0.39, 0.29) is 6.10 Å². The van der Waals surface area contributed by atoms with Crippen molar-refractivity contribution in [3.63, 3.8) is 0 Å². The van der Waals surface area contributed by atoms with Crippen molar-refractivity contribution >= 4 is 0 Å². The summed E-state index contributed by atoms with van der Waals surface area (Å²) in [5, 5.41) is 9.52. The number of aliphatic hydroxyl groups excluding tert-OH is 1. The Kier molecular flexibility index (Phi) is 6.01. The number of benzene rings is 1. The molecule has 1 aromatic carbocycles. The molecule has 0 radical (unpaired) electrons. The monoisotopic (exact) mass is 237 g/mol. The molecule has 0 saturated heterocycles. The zero-order valence-corrected chi connectivity index (χ0v) is 10.8. The molecular formula is C14H23NO2. The molecule has 0 aromatic heterocycles. The lowest BCUT2D eigenvalue weighted by atomic mass is 9.89. The maximum atomic E-state index is 9.52. The zero-order chi connectivity index (χ0) is 12.7. The summed E-state index contributed by atoms with van der Waals surface area (Å²) in [5.74, 6) is 0.913. The summed E-state index contributed by atoms with van der Waals surface area (Å²) in [7, 11) is 1.68. The molecule has 17 heavy (non-hydrogen) atoms. The quantitative estimate of drug-likeness (QED) is 0.826. The van der Waals surface area contributed by atoms with Gasteiger partial charge in [-0.1, -0.05) is 19.1 Å². The van der Waals surface area contributed by atoms with Crippen molar-refractivity contribution in [2.45, 2.75) is 38.7 Å². The van der Waals surface area contributed by atoms with Gasteiger partial charge in [0.05, 0.1) is 13.2 Å². The van der Waals surface area contributed by atoms with Gasteiger partial charge in [-0.2, -0.15) is 0 Å². The van der Waals surface area contributed by atoms with E-state index < -0.39 is 0 Å². The molecule has 0 heterocycles. The molecule has 3 nitrogen and oxygen atoms in total. The van der Waals surface area contributed by atoms with Crippen molar-refractivity contribution in [1.82, 2.24) is 0 Å². The van der Waals surface area contributed by atoms with E-state index in [9.17, 15) is 5.11 Å². The number of rotatable bonds is 2. The van der Waals surface area contributed by atoms with Crippen LogP contribution in [0, 0.1) is 0 Å². The van der Waals surface area contributed by atoms with Gasteiger partial charge >= 0.3 is 0 Å². The van der Waals surface area contributed by atoms with Gasteiger partial charge in [0, 0.05) is 6.42 Å². The van der Waals surface area contributed by atoms with Crippen LogP contribution in [0.3, 0.4) is 0 Å². The Hall–Kier alpha value is -1.06. The molecule has 1 unspecified atom stereocenters. The highest BCUT2D eigenvalue weighted by atomic mass is 16.5. The lowest BCUT2D eigenvalue weighted by Crippen LogP contribution is -2.19. The van der Waals surface area contributed by atoms with Crippen LogP contribution >= 0.6 is 0 Å². The normalized spacial score (nSPS) is 17.8. The minimum absolute atomic E-state index is 0.191. The van der Waals surface area contributed by atoms with E-state index in [0.717, 1.165) is 38.0 Å². The fraction of sp³-hybridized carbons (Fsp3) is 0.571. The summed E-state index contributed by atoms with van der Waals surface area (Å²) in [6.45, 7) is 2.88. The second kappa shape index (κ2) is 7.30. The van der Waals surface area contributed by atoms with Crippen molar-refractivity contribution in [2.24, 2.45) is 5.73 Å². The van der Waals surface area contributed by atoms with Gasteiger partial charge in [-0.15, -0.1) is 0 Å². The van der Waals surface area contributed by atoms with Crippen molar-refractivity contribution in [3.05, 3.63) is 29.3 Å². The number of hydrogen-bond acceptors (Lipinski definition) is 3. The third-order valence-electron chi connectivity index (χ3n) is 2.93. The van der Waals surface area contributed by atoms with Crippen LogP contribution in [0.1, 0.15) is 30.9 Å². The third kappa shape index (κ3) is 4.02. The SMILES string of the molecule is CCCN.COc1cccc2c1CC(O)CC2. The van der Waals surface area contributed by atoms with Crippen LogP contribution < -0.4 is 10.5 Å². The summed E-state index contributed by atoms with van der Waals surface area (Å²) >= 11 is 0. The first-order valence-corrected chi connectivity index (χ1v) is 6.25. The summed E-state index contributed by atoms with van der Waals surface area (Å²) in [6, 6.07) is 6.08.